The number of hydrogen-bond acceptors (Lipinski definition) is 2. The Labute approximate surface area is 134 Å². The number of amides is 1. The Hall–Kier alpha value is -1.50. The fraction of sp³-hybridized carbons (Fsp3) is 0.688. The number of H-pyrrole nitrogens is 1. The summed E-state index contributed by atoms with van der Waals surface area (Å²) >= 11 is 0. The van der Waals surface area contributed by atoms with Crippen molar-refractivity contribution in [2.75, 3.05) is 26.7 Å². The number of alkyl halides is 3. The minimum Gasteiger partial charge on any atom is -0.357 e. The summed E-state index contributed by atoms with van der Waals surface area (Å²) in [5, 5.41) is 0. The highest BCUT2D eigenvalue weighted by Gasteiger charge is 2.34. The van der Waals surface area contributed by atoms with E-state index >= 15 is 0 Å². The van der Waals surface area contributed by atoms with Crippen LogP contribution in [0.4, 0.5) is 13.2 Å². The molecule has 1 aliphatic heterocycles. The van der Waals surface area contributed by atoms with Gasteiger partial charge in [-0.2, -0.15) is 13.2 Å². The SMILES string of the molecule is CC(C)N(C)CC1CCN(C(=O)c2c[nH]c(C(F)(F)F)c2)CC1. The Balaban J connectivity index is 1.90. The first-order chi connectivity index (χ1) is 10.7. The molecule has 2 rings (SSSR count). The van der Waals surface area contributed by atoms with Crippen LogP contribution in [0.3, 0.4) is 0 Å². The molecule has 0 radical (unpaired) electrons. The topological polar surface area (TPSA) is 39.3 Å². The number of aromatic amines is 1. The van der Waals surface area contributed by atoms with E-state index in [4.69, 9.17) is 0 Å². The number of hydrogen-bond donors (Lipinski definition) is 1. The van der Waals surface area contributed by atoms with Crippen molar-refractivity contribution in [3.05, 3.63) is 23.5 Å². The second kappa shape index (κ2) is 6.95. The molecule has 0 aliphatic carbocycles. The Morgan fingerprint density at radius 2 is 2.00 bits per heavy atom. The molecule has 130 valence electrons. The van der Waals surface area contributed by atoms with Crippen LogP contribution < -0.4 is 0 Å². The van der Waals surface area contributed by atoms with Gasteiger partial charge in [0.15, 0.2) is 0 Å². The maximum Gasteiger partial charge on any atom is 0.431 e. The minimum atomic E-state index is -4.45. The maximum atomic E-state index is 12.6. The molecule has 1 amide bonds. The molecule has 0 atom stereocenters. The highest BCUT2D eigenvalue weighted by atomic mass is 19.4. The molecule has 0 spiro atoms. The highest BCUT2D eigenvalue weighted by molar-refractivity contribution is 5.94. The second-order valence-corrected chi connectivity index (χ2v) is 6.57. The standard InChI is InChI=1S/C16H24F3N3O/c1-11(2)21(3)10-12-4-6-22(7-5-12)15(23)13-8-14(20-9-13)16(17,18)19/h8-9,11-12,20H,4-7,10H2,1-3H3. The fourth-order valence-electron chi connectivity index (χ4n) is 2.80. The van der Waals surface area contributed by atoms with Crippen LogP contribution in [0.1, 0.15) is 42.7 Å². The Kier molecular flexibility index (Phi) is 5.39. The molecule has 4 nitrogen and oxygen atoms in total. The van der Waals surface area contributed by atoms with E-state index in [1.165, 1.54) is 0 Å². The molecule has 1 aliphatic rings. The average Bonchev–Trinajstić information content (AvgIpc) is 2.97. The summed E-state index contributed by atoms with van der Waals surface area (Å²) in [6.07, 6.45) is -1.53. The van der Waals surface area contributed by atoms with E-state index in [9.17, 15) is 18.0 Å². The highest BCUT2D eigenvalue weighted by Crippen LogP contribution is 2.29. The molecule has 0 aromatic carbocycles. The molecule has 1 N–H and O–H groups in total. The summed E-state index contributed by atoms with van der Waals surface area (Å²) in [6.45, 7) is 6.47. The summed E-state index contributed by atoms with van der Waals surface area (Å²) in [4.78, 5) is 18.4. The quantitative estimate of drug-likeness (QED) is 0.920. The molecule has 0 bridgehead atoms. The number of rotatable bonds is 4. The number of carbonyl (C=O) groups is 1. The summed E-state index contributed by atoms with van der Waals surface area (Å²) in [5.41, 5.74) is -0.802. The first-order valence-corrected chi connectivity index (χ1v) is 7.93. The maximum absolute atomic E-state index is 12.6. The lowest BCUT2D eigenvalue weighted by Gasteiger charge is -2.34. The Morgan fingerprint density at radius 1 is 1.39 bits per heavy atom. The smallest absolute Gasteiger partial charge is 0.357 e. The van der Waals surface area contributed by atoms with Crippen molar-refractivity contribution in [2.24, 2.45) is 5.92 Å². The third kappa shape index (κ3) is 4.50. The van der Waals surface area contributed by atoms with Crippen LogP contribution in [0.5, 0.6) is 0 Å². The van der Waals surface area contributed by atoms with Crippen molar-refractivity contribution in [3.8, 4) is 0 Å². The van der Waals surface area contributed by atoms with E-state index in [-0.39, 0.29) is 11.5 Å². The number of nitrogens with one attached hydrogen (secondary N) is 1. The fourth-order valence-corrected chi connectivity index (χ4v) is 2.80. The molecule has 0 unspecified atom stereocenters. The van der Waals surface area contributed by atoms with Crippen molar-refractivity contribution in [3.63, 3.8) is 0 Å². The van der Waals surface area contributed by atoms with Crippen LogP contribution in [0.2, 0.25) is 0 Å². The van der Waals surface area contributed by atoms with Crippen molar-refractivity contribution in [1.82, 2.24) is 14.8 Å². The number of nitrogens with zero attached hydrogens (tertiary/aromatic N) is 2. The molecule has 1 aromatic rings. The molecule has 1 saturated heterocycles. The van der Waals surface area contributed by atoms with E-state index in [0.717, 1.165) is 31.6 Å². The van der Waals surface area contributed by atoms with Crippen LogP contribution in [0.25, 0.3) is 0 Å². The van der Waals surface area contributed by atoms with Crippen LogP contribution >= 0.6 is 0 Å². The molecule has 0 saturated carbocycles. The molecule has 1 aromatic heterocycles. The summed E-state index contributed by atoms with van der Waals surface area (Å²) in [5.74, 6) is 0.204. The third-order valence-electron chi connectivity index (χ3n) is 4.56. The molecule has 1 fully saturated rings. The number of piperidine rings is 1. The van der Waals surface area contributed by atoms with Gasteiger partial charge in [-0.1, -0.05) is 0 Å². The number of halogens is 3. The largest absolute Gasteiger partial charge is 0.431 e. The number of likely N-dealkylation sites (tertiary alicyclic amines) is 1. The van der Waals surface area contributed by atoms with Crippen molar-refractivity contribution < 1.29 is 18.0 Å². The van der Waals surface area contributed by atoms with Crippen LogP contribution in [-0.2, 0) is 6.18 Å². The molecule has 7 heteroatoms. The lowest BCUT2D eigenvalue weighted by Crippen LogP contribution is -2.42. The van der Waals surface area contributed by atoms with E-state index in [0.29, 0.717) is 25.0 Å². The third-order valence-corrected chi connectivity index (χ3v) is 4.56. The molecular weight excluding hydrogens is 307 g/mol. The van der Waals surface area contributed by atoms with Gasteiger partial charge < -0.3 is 14.8 Å². The van der Waals surface area contributed by atoms with E-state index in [1.807, 2.05) is 0 Å². The zero-order valence-electron chi connectivity index (χ0n) is 13.8. The molecule has 23 heavy (non-hydrogen) atoms. The second-order valence-electron chi connectivity index (χ2n) is 6.57. The summed E-state index contributed by atoms with van der Waals surface area (Å²) < 4.78 is 37.8. The van der Waals surface area contributed by atoms with Crippen molar-refractivity contribution in [2.45, 2.75) is 38.9 Å². The van der Waals surface area contributed by atoms with Crippen molar-refractivity contribution >= 4 is 5.91 Å². The van der Waals surface area contributed by atoms with Gasteiger partial charge >= 0.3 is 6.18 Å². The van der Waals surface area contributed by atoms with Crippen LogP contribution in [0, 0.1) is 5.92 Å². The minimum absolute atomic E-state index is 0.0788. The van der Waals surface area contributed by atoms with Gasteiger partial charge in [-0.15, -0.1) is 0 Å². The first-order valence-electron chi connectivity index (χ1n) is 7.93. The van der Waals surface area contributed by atoms with Crippen molar-refractivity contribution in [1.29, 1.82) is 0 Å². The summed E-state index contributed by atoms with van der Waals surface area (Å²) in [7, 11) is 2.08. The van der Waals surface area contributed by atoms with E-state index in [2.05, 4.69) is 30.8 Å². The Morgan fingerprint density at radius 3 is 2.48 bits per heavy atom. The zero-order chi connectivity index (χ0) is 17.2. The lowest BCUT2D eigenvalue weighted by molar-refractivity contribution is -0.140. The van der Waals surface area contributed by atoms with Crippen LogP contribution in [-0.4, -0.2) is 53.4 Å². The van der Waals surface area contributed by atoms with Crippen LogP contribution in [0.15, 0.2) is 12.3 Å². The van der Waals surface area contributed by atoms with E-state index in [1.54, 1.807) is 4.90 Å². The van der Waals surface area contributed by atoms with Gasteiger partial charge in [0, 0.05) is 31.9 Å². The Bertz CT molecular complexity index is 531. The van der Waals surface area contributed by atoms with Gasteiger partial charge in [0.05, 0.1) is 5.56 Å². The summed E-state index contributed by atoms with van der Waals surface area (Å²) in [6, 6.07) is 1.37. The number of aromatic nitrogens is 1. The van der Waals surface area contributed by atoms with Gasteiger partial charge in [-0.3, -0.25) is 4.79 Å². The van der Waals surface area contributed by atoms with Gasteiger partial charge in [-0.25, -0.2) is 0 Å². The normalized spacial score (nSPS) is 17.3. The lowest BCUT2D eigenvalue weighted by atomic mass is 9.95. The monoisotopic (exact) mass is 331 g/mol. The molecule has 2 heterocycles. The average molecular weight is 331 g/mol. The first kappa shape index (κ1) is 17.8. The predicted molar refractivity (Wildman–Crippen MR) is 82.2 cm³/mol. The van der Waals surface area contributed by atoms with Gasteiger partial charge in [0.25, 0.3) is 5.91 Å². The van der Waals surface area contributed by atoms with Gasteiger partial charge in [-0.05, 0) is 45.7 Å². The van der Waals surface area contributed by atoms with Gasteiger partial charge in [0.1, 0.15) is 5.69 Å². The molecular formula is C16H24F3N3O. The van der Waals surface area contributed by atoms with E-state index < -0.39 is 11.9 Å². The zero-order valence-corrected chi connectivity index (χ0v) is 13.8. The predicted octanol–water partition coefficient (Wildman–Crippen LogP) is 3.23. The van der Waals surface area contributed by atoms with Gasteiger partial charge in [0.2, 0.25) is 0 Å². The number of carbonyl (C=O) groups excluding carboxylic acids is 1.